The summed E-state index contributed by atoms with van der Waals surface area (Å²) in [6.07, 6.45) is 52.2. The lowest BCUT2D eigenvalue weighted by Gasteiger charge is -2.24. The van der Waals surface area contributed by atoms with E-state index in [1.54, 1.807) is 0 Å². The number of phosphoric acid groups is 1. The Hall–Kier alpha value is -1.02. The summed E-state index contributed by atoms with van der Waals surface area (Å²) in [5, 5.41) is 0. The Morgan fingerprint density at radius 3 is 1.35 bits per heavy atom. The number of ether oxygens (including phenoxy) is 2. The summed E-state index contributed by atoms with van der Waals surface area (Å²) in [6.45, 7) is 5.65. The van der Waals surface area contributed by atoms with Gasteiger partial charge in [0.05, 0.1) is 34.4 Å². The van der Waals surface area contributed by atoms with Crippen LogP contribution >= 0.6 is 7.82 Å². The monoisotopic (exact) mass is 871 g/mol. The SMILES string of the molecule is CCCCCCC/C=C\C/C=C\CCCCCCCCCCCCOCC(COP(=O)(O)OCC[N+](C)(C)C)OC(=O)CCCCCCCCCCCCCCCCCC. The number of nitrogens with zero attached hydrogens (tertiary/aromatic N) is 1. The average Bonchev–Trinajstić information content (AvgIpc) is 3.20. The molecule has 0 aromatic carbocycles. The van der Waals surface area contributed by atoms with Crippen molar-refractivity contribution in [2.75, 3.05) is 54.1 Å². The minimum atomic E-state index is -4.28. The number of quaternary nitrogens is 1. The lowest BCUT2D eigenvalue weighted by molar-refractivity contribution is -0.870. The second-order valence-electron chi connectivity index (χ2n) is 18.6. The molecule has 0 saturated heterocycles. The minimum absolute atomic E-state index is 0.0904. The van der Waals surface area contributed by atoms with E-state index in [-0.39, 0.29) is 25.8 Å². The molecular formula is C51H101NO7P+. The summed E-state index contributed by atoms with van der Waals surface area (Å²) in [7, 11) is 1.68. The Kier molecular flexibility index (Phi) is 43.8. The number of esters is 1. The fourth-order valence-electron chi connectivity index (χ4n) is 7.29. The van der Waals surface area contributed by atoms with Gasteiger partial charge in [-0.25, -0.2) is 4.57 Å². The standard InChI is InChI=1S/C51H100NO7P/c1-6-8-10-12-14-16-18-20-22-24-25-26-27-28-29-31-33-35-37-39-41-43-46-56-48-50(49-58-60(54,55)57-47-45-52(3,4)5)59-51(53)44-42-40-38-36-34-32-30-23-21-19-17-15-13-11-9-7-2/h18,20,24-25,50H,6-17,19,21-23,26-49H2,1-5H3/p+1/b20-18-,25-24-. The topological polar surface area (TPSA) is 91.3 Å². The number of carbonyl (C=O) groups excluding carboxylic acids is 1. The van der Waals surface area contributed by atoms with Crippen LogP contribution < -0.4 is 0 Å². The van der Waals surface area contributed by atoms with Crippen molar-refractivity contribution in [3.8, 4) is 0 Å². The van der Waals surface area contributed by atoms with Crippen LogP contribution in [-0.4, -0.2) is 75.6 Å². The van der Waals surface area contributed by atoms with Gasteiger partial charge in [0.2, 0.25) is 0 Å². The molecule has 0 saturated carbocycles. The van der Waals surface area contributed by atoms with E-state index < -0.39 is 13.9 Å². The maximum Gasteiger partial charge on any atom is 0.472 e. The summed E-state index contributed by atoms with van der Waals surface area (Å²) in [6, 6.07) is 0. The van der Waals surface area contributed by atoms with Crippen LogP contribution in [0.5, 0.6) is 0 Å². The molecule has 0 amide bonds. The molecule has 0 aliphatic heterocycles. The molecule has 0 heterocycles. The molecule has 0 fully saturated rings. The predicted octanol–water partition coefficient (Wildman–Crippen LogP) is 15.6. The van der Waals surface area contributed by atoms with Crippen molar-refractivity contribution in [1.82, 2.24) is 0 Å². The zero-order valence-corrected chi connectivity index (χ0v) is 41.4. The van der Waals surface area contributed by atoms with E-state index >= 15 is 0 Å². The Bertz CT molecular complexity index is 1010. The first-order valence-corrected chi connectivity index (χ1v) is 27.1. The van der Waals surface area contributed by atoms with Crippen LogP contribution in [0.1, 0.15) is 239 Å². The quantitative estimate of drug-likeness (QED) is 0.0214. The van der Waals surface area contributed by atoms with Gasteiger partial charge in [0.25, 0.3) is 0 Å². The molecule has 9 heteroatoms. The first-order chi connectivity index (χ1) is 29.1. The van der Waals surface area contributed by atoms with Crippen LogP contribution in [0.15, 0.2) is 24.3 Å². The summed E-state index contributed by atoms with van der Waals surface area (Å²) < 4.78 is 35.1. The van der Waals surface area contributed by atoms with E-state index in [1.165, 1.54) is 180 Å². The van der Waals surface area contributed by atoms with Crippen LogP contribution in [0.3, 0.4) is 0 Å². The number of likely N-dealkylation sites (N-methyl/N-ethyl adjacent to an activating group) is 1. The van der Waals surface area contributed by atoms with E-state index in [9.17, 15) is 14.3 Å². The van der Waals surface area contributed by atoms with Gasteiger partial charge in [0, 0.05) is 13.0 Å². The van der Waals surface area contributed by atoms with Crippen LogP contribution in [0.25, 0.3) is 0 Å². The second kappa shape index (κ2) is 44.6. The highest BCUT2D eigenvalue weighted by Crippen LogP contribution is 2.43. The maximum absolute atomic E-state index is 12.7. The average molecular weight is 871 g/mol. The number of allylic oxidation sites excluding steroid dienone is 4. The van der Waals surface area contributed by atoms with Crippen molar-refractivity contribution in [3.63, 3.8) is 0 Å². The van der Waals surface area contributed by atoms with Gasteiger partial charge >= 0.3 is 13.8 Å². The van der Waals surface area contributed by atoms with E-state index in [2.05, 4.69) is 38.2 Å². The lowest BCUT2D eigenvalue weighted by Crippen LogP contribution is -2.37. The smallest absolute Gasteiger partial charge is 0.457 e. The van der Waals surface area contributed by atoms with E-state index in [1.807, 2.05) is 21.1 Å². The summed E-state index contributed by atoms with van der Waals surface area (Å²) in [4.78, 5) is 23.0. The molecule has 0 bridgehead atoms. The van der Waals surface area contributed by atoms with Crippen LogP contribution in [-0.2, 0) is 27.9 Å². The third kappa shape index (κ3) is 48.0. The third-order valence-electron chi connectivity index (χ3n) is 11.3. The molecule has 60 heavy (non-hydrogen) atoms. The van der Waals surface area contributed by atoms with Crippen molar-refractivity contribution in [3.05, 3.63) is 24.3 Å². The van der Waals surface area contributed by atoms with E-state index in [4.69, 9.17) is 18.5 Å². The molecule has 0 radical (unpaired) electrons. The highest BCUT2D eigenvalue weighted by Gasteiger charge is 2.26. The normalized spacial score (nSPS) is 13.8. The van der Waals surface area contributed by atoms with Gasteiger partial charge in [-0.1, -0.05) is 212 Å². The van der Waals surface area contributed by atoms with Crippen molar-refractivity contribution in [1.29, 1.82) is 0 Å². The fourth-order valence-corrected chi connectivity index (χ4v) is 8.03. The van der Waals surface area contributed by atoms with Crippen molar-refractivity contribution >= 4 is 13.8 Å². The lowest BCUT2D eigenvalue weighted by atomic mass is 10.0. The van der Waals surface area contributed by atoms with Crippen molar-refractivity contribution in [2.24, 2.45) is 0 Å². The summed E-state index contributed by atoms with van der Waals surface area (Å²) >= 11 is 0. The Balaban J connectivity index is 4.11. The van der Waals surface area contributed by atoms with Gasteiger partial charge in [-0.05, 0) is 44.9 Å². The van der Waals surface area contributed by atoms with Crippen LogP contribution in [0, 0.1) is 0 Å². The highest BCUT2D eigenvalue weighted by atomic mass is 31.2. The van der Waals surface area contributed by atoms with Gasteiger partial charge in [0.1, 0.15) is 19.3 Å². The zero-order chi connectivity index (χ0) is 44.1. The van der Waals surface area contributed by atoms with Gasteiger partial charge in [0.15, 0.2) is 0 Å². The van der Waals surface area contributed by atoms with E-state index in [0.717, 1.165) is 38.5 Å². The van der Waals surface area contributed by atoms with Crippen LogP contribution in [0.2, 0.25) is 0 Å². The molecule has 0 aliphatic rings. The number of hydrogen-bond donors (Lipinski definition) is 1. The molecule has 2 unspecified atom stereocenters. The second-order valence-corrected chi connectivity index (χ2v) is 20.0. The summed E-state index contributed by atoms with van der Waals surface area (Å²) in [5.41, 5.74) is 0. The molecule has 0 aliphatic carbocycles. The van der Waals surface area contributed by atoms with Gasteiger partial charge in [-0.15, -0.1) is 0 Å². The number of carbonyl (C=O) groups is 1. The van der Waals surface area contributed by atoms with Crippen molar-refractivity contribution in [2.45, 2.75) is 245 Å². The molecule has 356 valence electrons. The van der Waals surface area contributed by atoms with Crippen molar-refractivity contribution < 1.29 is 37.3 Å². The Morgan fingerprint density at radius 1 is 0.517 bits per heavy atom. The Morgan fingerprint density at radius 2 is 0.917 bits per heavy atom. The molecule has 1 N–H and O–H groups in total. The molecule has 0 aromatic rings. The fraction of sp³-hybridized carbons (Fsp3) is 0.902. The zero-order valence-electron chi connectivity index (χ0n) is 40.5. The molecule has 0 spiro atoms. The molecule has 2 atom stereocenters. The highest BCUT2D eigenvalue weighted by molar-refractivity contribution is 7.47. The van der Waals surface area contributed by atoms with Gasteiger partial charge < -0.3 is 18.9 Å². The molecule has 8 nitrogen and oxygen atoms in total. The van der Waals surface area contributed by atoms with Gasteiger partial charge in [-0.3, -0.25) is 13.8 Å². The summed E-state index contributed by atoms with van der Waals surface area (Å²) in [5.74, 6) is -0.310. The number of rotatable bonds is 48. The first kappa shape index (κ1) is 59.0. The molecule has 0 aromatic heterocycles. The van der Waals surface area contributed by atoms with Gasteiger partial charge in [-0.2, -0.15) is 0 Å². The van der Waals surface area contributed by atoms with E-state index in [0.29, 0.717) is 24.1 Å². The maximum atomic E-state index is 12.7. The molecule has 0 rings (SSSR count). The third-order valence-corrected chi connectivity index (χ3v) is 12.2. The number of unbranched alkanes of at least 4 members (excludes halogenated alkanes) is 30. The largest absolute Gasteiger partial charge is 0.472 e. The minimum Gasteiger partial charge on any atom is -0.457 e. The predicted molar refractivity (Wildman–Crippen MR) is 257 cm³/mol. The first-order valence-electron chi connectivity index (χ1n) is 25.6. The number of hydrogen-bond acceptors (Lipinski definition) is 6. The molecular weight excluding hydrogens is 770 g/mol. The number of phosphoric ester groups is 1. The Labute approximate surface area is 373 Å². The van der Waals surface area contributed by atoms with Crippen LogP contribution in [0.4, 0.5) is 0 Å².